The van der Waals surface area contributed by atoms with Gasteiger partial charge >= 0.3 is 0 Å². The van der Waals surface area contributed by atoms with Crippen LogP contribution in [0.5, 0.6) is 0 Å². The van der Waals surface area contributed by atoms with Crippen molar-refractivity contribution in [2.24, 2.45) is 5.73 Å². The first-order valence-corrected chi connectivity index (χ1v) is 5.40. The van der Waals surface area contributed by atoms with Gasteiger partial charge in [-0.3, -0.25) is 14.9 Å². The normalized spacial score (nSPS) is 11.7. The number of H-pyrrole nitrogens is 1. The summed E-state index contributed by atoms with van der Waals surface area (Å²) in [6, 6.07) is 6.22. The van der Waals surface area contributed by atoms with Gasteiger partial charge in [0.15, 0.2) is 0 Å². The maximum atomic E-state index is 11.4. The largest absolute Gasteiger partial charge is 0.369 e. The molecule has 0 radical (unpaired) electrons. The summed E-state index contributed by atoms with van der Waals surface area (Å²) in [5.41, 5.74) is 5.90. The van der Waals surface area contributed by atoms with Crippen molar-refractivity contribution >= 4 is 22.5 Å². The molecule has 0 unspecified atom stereocenters. The molecule has 1 amide bonds. The number of nitrogens with one attached hydrogen (secondary N) is 1. The van der Waals surface area contributed by atoms with Crippen molar-refractivity contribution < 1.29 is 9.72 Å². The van der Waals surface area contributed by atoms with E-state index in [0.29, 0.717) is 11.1 Å². The van der Waals surface area contributed by atoms with Crippen LogP contribution in [-0.2, 0) is 10.2 Å². The Bertz CT molecular complexity index is 643. The highest BCUT2D eigenvalue weighted by molar-refractivity contribution is 5.89. The van der Waals surface area contributed by atoms with Crippen molar-refractivity contribution in [3.05, 3.63) is 40.1 Å². The number of amides is 1. The molecule has 0 spiro atoms. The van der Waals surface area contributed by atoms with E-state index < -0.39 is 16.2 Å². The van der Waals surface area contributed by atoms with Crippen molar-refractivity contribution in [2.75, 3.05) is 0 Å². The predicted molar refractivity (Wildman–Crippen MR) is 67.2 cm³/mol. The van der Waals surface area contributed by atoms with E-state index in [1.165, 1.54) is 12.1 Å². The molecule has 6 heteroatoms. The fourth-order valence-electron chi connectivity index (χ4n) is 1.70. The van der Waals surface area contributed by atoms with Crippen LogP contribution in [0.15, 0.2) is 24.3 Å². The number of hydrogen-bond acceptors (Lipinski definition) is 3. The van der Waals surface area contributed by atoms with Crippen molar-refractivity contribution in [3.63, 3.8) is 0 Å². The minimum Gasteiger partial charge on any atom is -0.369 e. The Balaban J connectivity index is 2.57. The van der Waals surface area contributed by atoms with E-state index in [9.17, 15) is 14.9 Å². The number of nitro benzene ring substituents is 1. The van der Waals surface area contributed by atoms with Gasteiger partial charge in [0, 0.05) is 28.7 Å². The molecular weight excluding hydrogens is 234 g/mol. The summed E-state index contributed by atoms with van der Waals surface area (Å²) in [4.78, 5) is 24.7. The summed E-state index contributed by atoms with van der Waals surface area (Å²) in [5.74, 6) is -0.455. The van der Waals surface area contributed by atoms with Gasteiger partial charge in [-0.05, 0) is 26.0 Å². The lowest BCUT2D eigenvalue weighted by molar-refractivity contribution is -0.384. The molecule has 2 rings (SSSR count). The first-order chi connectivity index (χ1) is 8.32. The van der Waals surface area contributed by atoms with Gasteiger partial charge in [0.2, 0.25) is 5.91 Å². The molecule has 0 aliphatic carbocycles. The second-order valence-electron chi connectivity index (χ2n) is 4.70. The Morgan fingerprint density at radius 2 is 2.06 bits per heavy atom. The first-order valence-electron chi connectivity index (χ1n) is 5.40. The van der Waals surface area contributed by atoms with Crippen molar-refractivity contribution in [1.29, 1.82) is 0 Å². The van der Waals surface area contributed by atoms with Gasteiger partial charge in [0.25, 0.3) is 5.69 Å². The number of aromatic nitrogens is 1. The lowest BCUT2D eigenvalue weighted by Crippen LogP contribution is -2.35. The summed E-state index contributed by atoms with van der Waals surface area (Å²) < 4.78 is 0. The molecule has 1 aromatic carbocycles. The van der Waals surface area contributed by atoms with Crippen molar-refractivity contribution in [2.45, 2.75) is 19.3 Å². The third kappa shape index (κ3) is 1.81. The Morgan fingerprint density at radius 1 is 1.39 bits per heavy atom. The summed E-state index contributed by atoms with van der Waals surface area (Å²) in [5, 5.41) is 11.4. The van der Waals surface area contributed by atoms with E-state index >= 15 is 0 Å². The van der Waals surface area contributed by atoms with Crippen LogP contribution in [0.25, 0.3) is 10.9 Å². The van der Waals surface area contributed by atoms with Crippen LogP contribution in [0.3, 0.4) is 0 Å². The third-order valence-electron chi connectivity index (χ3n) is 3.10. The summed E-state index contributed by atoms with van der Waals surface area (Å²) >= 11 is 0. The lowest BCUT2D eigenvalue weighted by Gasteiger charge is -2.18. The average Bonchev–Trinajstić information content (AvgIpc) is 2.71. The van der Waals surface area contributed by atoms with E-state index in [1.807, 2.05) is 0 Å². The standard InChI is InChI=1S/C12H13N3O3/c1-12(2,11(13)16)10-6-7-5-8(15(17)18)3-4-9(7)14-10/h3-6,14H,1-2H3,(H2,13,16). The number of nitrogens with two attached hydrogens (primary N) is 1. The topological polar surface area (TPSA) is 102 Å². The number of benzene rings is 1. The molecule has 2 aromatic rings. The molecule has 1 heterocycles. The summed E-state index contributed by atoms with van der Waals surface area (Å²) in [6.45, 7) is 3.41. The molecule has 0 fully saturated rings. The van der Waals surface area contributed by atoms with Gasteiger partial charge in [-0.15, -0.1) is 0 Å². The monoisotopic (exact) mass is 247 g/mol. The second kappa shape index (κ2) is 3.83. The van der Waals surface area contributed by atoms with Gasteiger partial charge in [0.05, 0.1) is 10.3 Å². The third-order valence-corrected chi connectivity index (χ3v) is 3.10. The SMILES string of the molecule is CC(C)(C(N)=O)c1cc2cc([N+](=O)[O-])ccc2[nH]1. The Kier molecular flexibility index (Phi) is 2.58. The number of hydrogen-bond donors (Lipinski definition) is 2. The number of nitrogens with zero attached hydrogens (tertiary/aromatic N) is 1. The Morgan fingerprint density at radius 3 is 2.61 bits per heavy atom. The van der Waals surface area contributed by atoms with Crippen LogP contribution >= 0.6 is 0 Å². The average molecular weight is 247 g/mol. The van der Waals surface area contributed by atoms with E-state index in [2.05, 4.69) is 4.98 Å². The number of fused-ring (bicyclic) bond motifs is 1. The highest BCUT2D eigenvalue weighted by atomic mass is 16.6. The number of carbonyl (C=O) groups excluding carboxylic acids is 1. The quantitative estimate of drug-likeness (QED) is 0.638. The van der Waals surface area contributed by atoms with E-state index in [-0.39, 0.29) is 5.69 Å². The molecule has 0 saturated heterocycles. The zero-order valence-corrected chi connectivity index (χ0v) is 10.1. The number of aromatic amines is 1. The van der Waals surface area contributed by atoms with Crippen LogP contribution in [0.1, 0.15) is 19.5 Å². The van der Waals surface area contributed by atoms with Gasteiger partial charge in [-0.2, -0.15) is 0 Å². The zero-order valence-electron chi connectivity index (χ0n) is 10.1. The van der Waals surface area contributed by atoms with Gasteiger partial charge in [-0.25, -0.2) is 0 Å². The van der Waals surface area contributed by atoms with Gasteiger partial charge in [0.1, 0.15) is 0 Å². The number of rotatable bonds is 3. The number of carbonyl (C=O) groups is 1. The molecule has 0 atom stereocenters. The smallest absolute Gasteiger partial charge is 0.270 e. The molecular formula is C12H13N3O3. The van der Waals surface area contributed by atoms with E-state index in [4.69, 9.17) is 5.73 Å². The van der Waals surface area contributed by atoms with Crippen LogP contribution in [-0.4, -0.2) is 15.8 Å². The fourth-order valence-corrected chi connectivity index (χ4v) is 1.70. The second-order valence-corrected chi connectivity index (χ2v) is 4.70. The van der Waals surface area contributed by atoms with Crippen LogP contribution < -0.4 is 5.73 Å². The predicted octanol–water partition coefficient (Wildman–Crippen LogP) is 1.84. The molecule has 18 heavy (non-hydrogen) atoms. The maximum Gasteiger partial charge on any atom is 0.270 e. The minimum atomic E-state index is -0.839. The molecule has 6 nitrogen and oxygen atoms in total. The highest BCUT2D eigenvalue weighted by Gasteiger charge is 2.29. The van der Waals surface area contributed by atoms with Crippen molar-refractivity contribution in [3.8, 4) is 0 Å². The molecule has 1 aromatic heterocycles. The Hall–Kier alpha value is -2.37. The minimum absolute atomic E-state index is 0.0185. The molecule has 0 saturated carbocycles. The fraction of sp³-hybridized carbons (Fsp3) is 0.250. The number of primary amides is 1. The zero-order chi connectivity index (χ0) is 13.5. The van der Waals surface area contributed by atoms with E-state index in [0.717, 1.165) is 5.52 Å². The first kappa shape index (κ1) is 12.1. The van der Waals surface area contributed by atoms with Crippen molar-refractivity contribution in [1.82, 2.24) is 4.98 Å². The van der Waals surface area contributed by atoms with Gasteiger partial charge < -0.3 is 10.7 Å². The molecule has 94 valence electrons. The van der Waals surface area contributed by atoms with Crippen LogP contribution in [0.2, 0.25) is 0 Å². The molecule has 0 aliphatic heterocycles. The Labute approximate surface area is 103 Å². The maximum absolute atomic E-state index is 11.4. The number of non-ortho nitro benzene ring substituents is 1. The lowest BCUT2D eigenvalue weighted by atomic mass is 9.89. The number of nitro groups is 1. The molecule has 0 bridgehead atoms. The summed E-state index contributed by atoms with van der Waals surface area (Å²) in [7, 11) is 0. The van der Waals surface area contributed by atoms with Crippen LogP contribution in [0, 0.1) is 10.1 Å². The van der Waals surface area contributed by atoms with Gasteiger partial charge in [-0.1, -0.05) is 0 Å². The molecule has 0 aliphatic rings. The van der Waals surface area contributed by atoms with Crippen LogP contribution in [0.4, 0.5) is 5.69 Å². The molecule has 3 N–H and O–H groups in total. The highest BCUT2D eigenvalue weighted by Crippen LogP contribution is 2.28. The summed E-state index contributed by atoms with van der Waals surface area (Å²) in [6.07, 6.45) is 0. The van der Waals surface area contributed by atoms with E-state index in [1.54, 1.807) is 26.0 Å².